The van der Waals surface area contributed by atoms with E-state index in [1.807, 2.05) is 55.5 Å². The normalized spacial score (nSPS) is 14.3. The van der Waals surface area contributed by atoms with Crippen LogP contribution in [-0.2, 0) is 10.2 Å². The van der Waals surface area contributed by atoms with Crippen molar-refractivity contribution in [2.24, 2.45) is 0 Å². The Bertz CT molecular complexity index is 1430. The minimum absolute atomic E-state index is 0.262. The molecular weight excluding hydrogens is 452 g/mol. The number of allylic oxidation sites excluding steroid dienone is 4. The SMILES string of the molecule is C=C/C(=C\C=C/C)N(c1ccccc1)c1ccc2c(c1)C(C)(C)c1cc(/C=C(\C#N)C(=O)O)sc1-2. The first-order valence-corrected chi connectivity index (χ1v) is 12.1. The van der Waals surface area contributed by atoms with Gasteiger partial charge in [-0.3, -0.25) is 0 Å². The van der Waals surface area contributed by atoms with E-state index in [1.165, 1.54) is 23.0 Å². The van der Waals surface area contributed by atoms with Gasteiger partial charge in [0.25, 0.3) is 0 Å². The molecule has 3 aromatic rings. The molecular formula is C30H26N2O2S. The maximum absolute atomic E-state index is 11.3. The van der Waals surface area contributed by atoms with Crippen LogP contribution in [-0.4, -0.2) is 11.1 Å². The van der Waals surface area contributed by atoms with Gasteiger partial charge in [-0.25, -0.2) is 4.79 Å². The van der Waals surface area contributed by atoms with E-state index >= 15 is 0 Å². The van der Waals surface area contributed by atoms with Gasteiger partial charge in [-0.05, 0) is 72.2 Å². The second-order valence-electron chi connectivity index (χ2n) is 8.71. The van der Waals surface area contributed by atoms with Crippen molar-refractivity contribution in [3.63, 3.8) is 0 Å². The zero-order chi connectivity index (χ0) is 25.2. The Labute approximate surface area is 210 Å². The highest BCUT2D eigenvalue weighted by molar-refractivity contribution is 7.16. The number of benzene rings is 2. The number of nitrogens with zero attached hydrogens (tertiary/aromatic N) is 2. The number of rotatable bonds is 7. The summed E-state index contributed by atoms with van der Waals surface area (Å²) in [4.78, 5) is 15.4. The summed E-state index contributed by atoms with van der Waals surface area (Å²) in [5, 5.41) is 18.4. The van der Waals surface area contributed by atoms with Crippen LogP contribution < -0.4 is 4.90 Å². The first-order valence-electron chi connectivity index (χ1n) is 11.3. The summed E-state index contributed by atoms with van der Waals surface area (Å²) in [7, 11) is 0. The van der Waals surface area contributed by atoms with Crippen LogP contribution in [0, 0.1) is 11.3 Å². The fourth-order valence-electron chi connectivity index (χ4n) is 4.41. The van der Waals surface area contributed by atoms with E-state index in [4.69, 9.17) is 5.26 Å². The maximum atomic E-state index is 11.3. The molecule has 2 aromatic carbocycles. The van der Waals surface area contributed by atoms with Crippen molar-refractivity contribution in [3.8, 4) is 16.5 Å². The third kappa shape index (κ3) is 4.37. The van der Waals surface area contributed by atoms with E-state index in [0.717, 1.165) is 38.0 Å². The number of nitriles is 1. The lowest BCUT2D eigenvalue weighted by Crippen LogP contribution is -2.18. The van der Waals surface area contributed by atoms with Crippen molar-refractivity contribution in [1.29, 1.82) is 5.26 Å². The van der Waals surface area contributed by atoms with Gasteiger partial charge in [0.1, 0.15) is 11.6 Å². The number of thiophene rings is 1. The van der Waals surface area contributed by atoms with Crippen LogP contribution in [0.25, 0.3) is 16.5 Å². The smallest absolute Gasteiger partial charge is 0.346 e. The number of hydrogen-bond donors (Lipinski definition) is 1. The molecule has 0 unspecified atom stereocenters. The van der Waals surface area contributed by atoms with E-state index in [0.29, 0.717) is 0 Å². The van der Waals surface area contributed by atoms with Crippen molar-refractivity contribution in [2.45, 2.75) is 26.2 Å². The molecule has 0 spiro atoms. The zero-order valence-corrected chi connectivity index (χ0v) is 20.8. The molecule has 1 aromatic heterocycles. The second-order valence-corrected chi connectivity index (χ2v) is 9.80. The Morgan fingerprint density at radius 1 is 1.11 bits per heavy atom. The summed E-state index contributed by atoms with van der Waals surface area (Å²) >= 11 is 1.52. The standard InChI is InChI=1S/C30H26N2O2S/c1-5-7-11-21(6-2)32(22-12-9-8-10-13-22)23-14-15-25-26(17-23)30(3,4)27-18-24(35-28(25)27)16-20(19-31)29(33)34/h5-18H,2H2,1,3-4H3,(H,33,34)/b7-5-,20-16+,21-11+. The van der Waals surface area contributed by atoms with Crippen molar-refractivity contribution in [1.82, 2.24) is 0 Å². The van der Waals surface area contributed by atoms with E-state index in [9.17, 15) is 9.90 Å². The third-order valence-corrected chi connectivity index (χ3v) is 7.30. The molecule has 174 valence electrons. The summed E-state index contributed by atoms with van der Waals surface area (Å²) in [6, 6.07) is 20.5. The number of carboxylic acid groups (broad SMARTS) is 1. The largest absolute Gasteiger partial charge is 0.477 e. The molecule has 1 aliphatic carbocycles. The highest BCUT2D eigenvalue weighted by Gasteiger charge is 2.38. The molecule has 0 atom stereocenters. The fourth-order valence-corrected chi connectivity index (χ4v) is 5.72. The molecule has 0 fully saturated rings. The molecule has 35 heavy (non-hydrogen) atoms. The minimum Gasteiger partial charge on any atom is -0.477 e. The molecule has 5 heteroatoms. The predicted octanol–water partition coefficient (Wildman–Crippen LogP) is 7.83. The van der Waals surface area contributed by atoms with E-state index in [-0.39, 0.29) is 11.0 Å². The molecule has 0 bridgehead atoms. The molecule has 0 radical (unpaired) electrons. The summed E-state index contributed by atoms with van der Waals surface area (Å²) in [6.45, 7) is 10.4. The number of fused-ring (bicyclic) bond motifs is 3. The van der Waals surface area contributed by atoms with Gasteiger partial charge in [0.15, 0.2) is 0 Å². The topological polar surface area (TPSA) is 64.3 Å². The van der Waals surface area contributed by atoms with E-state index < -0.39 is 5.97 Å². The molecule has 0 amide bonds. The maximum Gasteiger partial charge on any atom is 0.346 e. The lowest BCUT2D eigenvalue weighted by Gasteiger charge is -2.28. The minimum atomic E-state index is -1.21. The molecule has 4 nitrogen and oxygen atoms in total. The van der Waals surface area contributed by atoms with Gasteiger partial charge < -0.3 is 10.0 Å². The van der Waals surface area contributed by atoms with Crippen molar-refractivity contribution >= 4 is 34.8 Å². The second kappa shape index (κ2) is 9.61. The number of carbonyl (C=O) groups is 1. The van der Waals surface area contributed by atoms with E-state index in [2.05, 4.69) is 55.7 Å². The zero-order valence-electron chi connectivity index (χ0n) is 19.9. The highest BCUT2D eigenvalue weighted by Crippen LogP contribution is 2.53. The fraction of sp³-hybridized carbons (Fsp3) is 0.133. The van der Waals surface area contributed by atoms with Crippen LogP contribution in [0.2, 0.25) is 0 Å². The third-order valence-electron chi connectivity index (χ3n) is 6.18. The first-order chi connectivity index (χ1) is 16.8. The predicted molar refractivity (Wildman–Crippen MR) is 145 cm³/mol. The van der Waals surface area contributed by atoms with E-state index in [1.54, 1.807) is 6.07 Å². The highest BCUT2D eigenvalue weighted by atomic mass is 32.1. The number of carboxylic acids is 1. The van der Waals surface area contributed by atoms with Crippen LogP contribution in [0.3, 0.4) is 0 Å². The summed E-state index contributed by atoms with van der Waals surface area (Å²) in [5.41, 5.74) is 5.99. The van der Waals surface area contributed by atoms with Gasteiger partial charge in [-0.1, -0.05) is 56.8 Å². The molecule has 1 N–H and O–H groups in total. The summed E-state index contributed by atoms with van der Waals surface area (Å²) in [5.74, 6) is -1.21. The molecule has 4 rings (SSSR count). The Hall–Kier alpha value is -4.14. The van der Waals surface area contributed by atoms with Gasteiger partial charge >= 0.3 is 5.97 Å². The number of hydrogen-bond acceptors (Lipinski definition) is 4. The van der Waals surface area contributed by atoms with Crippen molar-refractivity contribution in [3.05, 3.63) is 113 Å². The van der Waals surface area contributed by atoms with Crippen LogP contribution in [0.15, 0.2) is 96.8 Å². The average Bonchev–Trinajstić information content (AvgIpc) is 3.37. The van der Waals surface area contributed by atoms with Gasteiger partial charge in [-0.15, -0.1) is 11.3 Å². The Morgan fingerprint density at radius 2 is 1.86 bits per heavy atom. The molecule has 0 saturated heterocycles. The molecule has 1 aliphatic rings. The lowest BCUT2D eigenvalue weighted by atomic mass is 9.82. The molecule has 0 aliphatic heterocycles. The number of aliphatic carboxylic acids is 1. The molecule has 0 saturated carbocycles. The summed E-state index contributed by atoms with van der Waals surface area (Å²) in [6.07, 6.45) is 9.35. The monoisotopic (exact) mass is 478 g/mol. The number of anilines is 2. The van der Waals surface area contributed by atoms with Gasteiger partial charge in [-0.2, -0.15) is 5.26 Å². The van der Waals surface area contributed by atoms with Gasteiger partial charge in [0.2, 0.25) is 0 Å². The first kappa shape index (κ1) is 24.0. The van der Waals surface area contributed by atoms with Crippen molar-refractivity contribution in [2.75, 3.05) is 4.90 Å². The quantitative estimate of drug-likeness (QED) is 0.213. The Kier molecular flexibility index (Phi) is 6.59. The Morgan fingerprint density at radius 3 is 2.49 bits per heavy atom. The van der Waals surface area contributed by atoms with Gasteiger partial charge in [0, 0.05) is 32.2 Å². The van der Waals surface area contributed by atoms with Crippen LogP contribution in [0.5, 0.6) is 0 Å². The number of para-hydroxylation sites is 1. The molecule has 1 heterocycles. The Balaban J connectivity index is 1.85. The lowest BCUT2D eigenvalue weighted by molar-refractivity contribution is -0.132. The van der Waals surface area contributed by atoms with Crippen LogP contribution in [0.1, 0.15) is 36.8 Å². The van der Waals surface area contributed by atoms with Crippen LogP contribution in [0.4, 0.5) is 11.4 Å². The average molecular weight is 479 g/mol. The summed E-state index contributed by atoms with van der Waals surface area (Å²) < 4.78 is 0. The van der Waals surface area contributed by atoms with Gasteiger partial charge in [0.05, 0.1) is 0 Å². The van der Waals surface area contributed by atoms with Crippen LogP contribution >= 0.6 is 11.3 Å². The van der Waals surface area contributed by atoms with Crippen molar-refractivity contribution < 1.29 is 9.90 Å².